The Morgan fingerprint density at radius 2 is 2.11 bits per heavy atom. The van der Waals surface area contributed by atoms with E-state index in [1.54, 1.807) is 0 Å². The number of hydrogen-bond acceptors (Lipinski definition) is 5. The summed E-state index contributed by atoms with van der Waals surface area (Å²) in [5.41, 5.74) is 5.59. The zero-order valence-corrected chi connectivity index (χ0v) is 11.8. The summed E-state index contributed by atoms with van der Waals surface area (Å²) in [7, 11) is -2.97. The number of sulfone groups is 1. The number of anilines is 2. The molecule has 0 saturated carbocycles. The predicted molar refractivity (Wildman–Crippen MR) is 74.0 cm³/mol. The zero-order valence-electron chi connectivity index (χ0n) is 9.49. The van der Waals surface area contributed by atoms with Crippen LogP contribution in [-0.4, -0.2) is 30.9 Å². The third-order valence-electron chi connectivity index (χ3n) is 2.76. The third kappa shape index (κ3) is 3.18. The fourth-order valence-electron chi connectivity index (χ4n) is 1.91. The molecule has 1 aromatic rings. The van der Waals surface area contributed by atoms with E-state index in [1.165, 1.54) is 6.07 Å². The number of nitrogens with two attached hydrogens (primary N) is 1. The molecule has 5 nitrogen and oxygen atoms in total. The minimum atomic E-state index is -2.97. The Morgan fingerprint density at radius 1 is 1.39 bits per heavy atom. The number of halogens is 2. The molecule has 1 atom stereocenters. The van der Waals surface area contributed by atoms with Gasteiger partial charge in [0, 0.05) is 6.04 Å². The maximum atomic E-state index is 11.5. The van der Waals surface area contributed by atoms with Gasteiger partial charge in [0.15, 0.2) is 9.84 Å². The molecule has 18 heavy (non-hydrogen) atoms. The topological polar surface area (TPSA) is 85.1 Å². The lowest BCUT2D eigenvalue weighted by Gasteiger charge is -2.24. The van der Waals surface area contributed by atoms with Crippen molar-refractivity contribution in [1.29, 1.82) is 0 Å². The molecule has 0 bridgehead atoms. The lowest BCUT2D eigenvalue weighted by molar-refractivity contribution is 0.561. The van der Waals surface area contributed by atoms with E-state index >= 15 is 0 Å². The molecule has 1 aliphatic rings. The first-order valence-corrected chi connectivity index (χ1v) is 8.03. The van der Waals surface area contributed by atoms with Crippen molar-refractivity contribution in [2.75, 3.05) is 22.6 Å². The summed E-state index contributed by atoms with van der Waals surface area (Å²) in [6.45, 7) is 0. The minimum Gasteiger partial charge on any atom is -0.382 e. The summed E-state index contributed by atoms with van der Waals surface area (Å²) in [6, 6.07) is 1.31. The van der Waals surface area contributed by atoms with Crippen molar-refractivity contribution in [2.45, 2.75) is 18.9 Å². The molecular weight excluding hydrogens is 297 g/mol. The van der Waals surface area contributed by atoms with Gasteiger partial charge in [-0.25, -0.2) is 13.4 Å². The molecule has 1 unspecified atom stereocenters. The Morgan fingerprint density at radius 3 is 2.78 bits per heavy atom. The van der Waals surface area contributed by atoms with Crippen molar-refractivity contribution >= 4 is 44.7 Å². The van der Waals surface area contributed by atoms with Gasteiger partial charge in [-0.15, -0.1) is 0 Å². The maximum absolute atomic E-state index is 11.5. The Balaban J connectivity index is 2.17. The lowest BCUT2D eigenvalue weighted by Crippen LogP contribution is -2.35. The summed E-state index contributed by atoms with van der Waals surface area (Å²) in [5, 5.41) is 3.62. The quantitative estimate of drug-likeness (QED) is 0.872. The standard InChI is InChI=1S/C10H13Cl2N3O2S/c11-7-4-8(12)10(15-9(7)13)14-6-2-1-3-18(16,17)5-6/h4,6H,1-3,5H2,(H3,13,14,15). The van der Waals surface area contributed by atoms with Gasteiger partial charge in [0.05, 0.1) is 21.6 Å². The lowest BCUT2D eigenvalue weighted by atomic mass is 10.2. The predicted octanol–water partition coefficient (Wildman–Crippen LogP) is 1.96. The van der Waals surface area contributed by atoms with Crippen molar-refractivity contribution in [3.63, 3.8) is 0 Å². The van der Waals surface area contributed by atoms with Crippen LogP contribution in [0.3, 0.4) is 0 Å². The Kier molecular flexibility index (Phi) is 3.89. The Hall–Kier alpha value is -0.720. The number of nitrogens with one attached hydrogen (secondary N) is 1. The van der Waals surface area contributed by atoms with E-state index in [9.17, 15) is 8.42 Å². The van der Waals surface area contributed by atoms with Crippen molar-refractivity contribution < 1.29 is 8.42 Å². The number of nitrogen functional groups attached to an aromatic ring is 1. The van der Waals surface area contributed by atoms with Crippen molar-refractivity contribution in [3.05, 3.63) is 16.1 Å². The van der Waals surface area contributed by atoms with Crippen molar-refractivity contribution in [3.8, 4) is 0 Å². The van der Waals surface area contributed by atoms with Crippen LogP contribution in [0.25, 0.3) is 0 Å². The van der Waals surface area contributed by atoms with E-state index in [1.807, 2.05) is 0 Å². The van der Waals surface area contributed by atoms with E-state index in [4.69, 9.17) is 28.9 Å². The fraction of sp³-hybridized carbons (Fsp3) is 0.500. The molecular formula is C10H13Cl2N3O2S. The van der Waals surface area contributed by atoms with Crippen LogP contribution in [0.4, 0.5) is 11.6 Å². The van der Waals surface area contributed by atoms with Crippen molar-refractivity contribution in [2.24, 2.45) is 0 Å². The first kappa shape index (κ1) is 13.7. The second-order valence-corrected chi connectivity index (χ2v) is 7.33. The molecule has 0 amide bonds. The molecule has 2 rings (SSSR count). The number of hydrogen-bond donors (Lipinski definition) is 2. The van der Waals surface area contributed by atoms with Gasteiger partial charge >= 0.3 is 0 Å². The first-order valence-electron chi connectivity index (χ1n) is 5.46. The highest BCUT2D eigenvalue weighted by molar-refractivity contribution is 7.91. The zero-order chi connectivity index (χ0) is 13.3. The van der Waals surface area contributed by atoms with Crippen LogP contribution in [0.1, 0.15) is 12.8 Å². The Labute approximate surface area is 116 Å². The molecule has 1 saturated heterocycles. The van der Waals surface area contributed by atoms with Gasteiger partial charge in [-0.05, 0) is 18.9 Å². The van der Waals surface area contributed by atoms with Crippen LogP contribution in [0, 0.1) is 0 Å². The molecule has 1 fully saturated rings. The van der Waals surface area contributed by atoms with Gasteiger partial charge in [0.2, 0.25) is 0 Å². The van der Waals surface area contributed by atoms with E-state index in [-0.39, 0.29) is 28.4 Å². The fourth-order valence-corrected chi connectivity index (χ4v) is 3.96. The molecule has 8 heteroatoms. The molecule has 0 aliphatic carbocycles. The van der Waals surface area contributed by atoms with Crippen LogP contribution in [0.5, 0.6) is 0 Å². The highest BCUT2D eigenvalue weighted by Crippen LogP contribution is 2.28. The SMILES string of the molecule is Nc1nc(NC2CCCS(=O)(=O)C2)c(Cl)cc1Cl. The normalized spacial score (nSPS) is 22.7. The smallest absolute Gasteiger partial charge is 0.152 e. The van der Waals surface area contributed by atoms with Crippen LogP contribution in [0.2, 0.25) is 10.0 Å². The molecule has 2 heterocycles. The summed E-state index contributed by atoms with van der Waals surface area (Å²) in [4.78, 5) is 4.02. The average molecular weight is 310 g/mol. The van der Waals surface area contributed by atoms with Crippen LogP contribution < -0.4 is 11.1 Å². The maximum Gasteiger partial charge on any atom is 0.152 e. The molecule has 1 aromatic heterocycles. The molecule has 0 spiro atoms. The van der Waals surface area contributed by atoms with Gasteiger partial charge in [-0.3, -0.25) is 0 Å². The van der Waals surface area contributed by atoms with Gasteiger partial charge < -0.3 is 11.1 Å². The van der Waals surface area contributed by atoms with Gasteiger partial charge in [0.1, 0.15) is 11.6 Å². The van der Waals surface area contributed by atoms with E-state index in [2.05, 4.69) is 10.3 Å². The molecule has 3 N–H and O–H groups in total. The van der Waals surface area contributed by atoms with Crippen LogP contribution in [-0.2, 0) is 9.84 Å². The molecule has 0 aromatic carbocycles. The summed E-state index contributed by atoms with van der Waals surface area (Å²) in [6.07, 6.45) is 1.40. The summed E-state index contributed by atoms with van der Waals surface area (Å²) < 4.78 is 23.0. The van der Waals surface area contributed by atoms with E-state index in [0.29, 0.717) is 17.3 Å². The average Bonchev–Trinajstić information content (AvgIpc) is 2.24. The summed E-state index contributed by atoms with van der Waals surface area (Å²) in [5.74, 6) is 0.880. The van der Waals surface area contributed by atoms with Crippen LogP contribution >= 0.6 is 23.2 Å². The largest absolute Gasteiger partial charge is 0.382 e. The second-order valence-electron chi connectivity index (χ2n) is 4.28. The monoisotopic (exact) mass is 309 g/mol. The highest BCUT2D eigenvalue weighted by Gasteiger charge is 2.25. The molecule has 1 aliphatic heterocycles. The van der Waals surface area contributed by atoms with Crippen LogP contribution in [0.15, 0.2) is 6.07 Å². The highest BCUT2D eigenvalue weighted by atomic mass is 35.5. The van der Waals surface area contributed by atoms with E-state index in [0.717, 1.165) is 6.42 Å². The number of nitrogens with zero attached hydrogens (tertiary/aromatic N) is 1. The number of rotatable bonds is 2. The molecule has 100 valence electrons. The first-order chi connectivity index (χ1) is 8.37. The van der Waals surface area contributed by atoms with Crippen molar-refractivity contribution in [1.82, 2.24) is 4.98 Å². The Bertz CT molecular complexity index is 562. The summed E-state index contributed by atoms with van der Waals surface area (Å²) >= 11 is 11.8. The van der Waals surface area contributed by atoms with Gasteiger partial charge in [0.25, 0.3) is 0 Å². The van der Waals surface area contributed by atoms with Gasteiger partial charge in [-0.1, -0.05) is 23.2 Å². The van der Waals surface area contributed by atoms with E-state index < -0.39 is 9.84 Å². The minimum absolute atomic E-state index is 0.0908. The third-order valence-corrected chi connectivity index (χ3v) is 5.17. The second kappa shape index (κ2) is 5.11. The van der Waals surface area contributed by atoms with Gasteiger partial charge in [-0.2, -0.15) is 0 Å². The number of pyridine rings is 1. The molecule has 0 radical (unpaired) electrons. The number of aromatic nitrogens is 1.